The highest BCUT2D eigenvalue weighted by molar-refractivity contribution is 6.01. The van der Waals surface area contributed by atoms with Gasteiger partial charge in [0.2, 0.25) is 5.91 Å². The SMILES string of the molecule is O=C(NC1CCN(c2ccccc2F)C1=O)N1C[C@@H]2CCC[C@@]2(C(=O)O)C1. The molecule has 1 unspecified atom stereocenters. The molecule has 1 aromatic carbocycles. The van der Waals surface area contributed by atoms with Crippen molar-refractivity contribution < 1.29 is 23.9 Å². The number of likely N-dealkylation sites (tertiary alicyclic amines) is 1. The van der Waals surface area contributed by atoms with Gasteiger partial charge in [-0.3, -0.25) is 9.59 Å². The van der Waals surface area contributed by atoms with Crippen LogP contribution < -0.4 is 10.2 Å². The summed E-state index contributed by atoms with van der Waals surface area (Å²) >= 11 is 0. The number of nitrogens with one attached hydrogen (secondary N) is 1. The fourth-order valence-electron chi connectivity index (χ4n) is 4.76. The zero-order valence-corrected chi connectivity index (χ0v) is 14.9. The molecule has 3 aliphatic rings. The Hall–Kier alpha value is -2.64. The number of anilines is 1. The summed E-state index contributed by atoms with van der Waals surface area (Å²) in [4.78, 5) is 39.8. The van der Waals surface area contributed by atoms with Crippen LogP contribution in [0.3, 0.4) is 0 Å². The number of halogens is 1. The smallest absolute Gasteiger partial charge is 0.318 e. The Kier molecular flexibility index (Phi) is 4.28. The monoisotopic (exact) mass is 375 g/mol. The highest BCUT2D eigenvalue weighted by Crippen LogP contribution is 2.48. The van der Waals surface area contributed by atoms with Crippen molar-refractivity contribution in [3.05, 3.63) is 30.1 Å². The van der Waals surface area contributed by atoms with Crippen molar-refractivity contribution in [2.45, 2.75) is 31.7 Å². The Balaban J connectivity index is 1.42. The lowest BCUT2D eigenvalue weighted by molar-refractivity contribution is -0.149. The van der Waals surface area contributed by atoms with Crippen LogP contribution in [-0.2, 0) is 9.59 Å². The van der Waals surface area contributed by atoms with E-state index in [4.69, 9.17) is 0 Å². The molecule has 27 heavy (non-hydrogen) atoms. The molecule has 1 aliphatic carbocycles. The Morgan fingerprint density at radius 3 is 2.74 bits per heavy atom. The van der Waals surface area contributed by atoms with E-state index in [-0.39, 0.29) is 24.1 Å². The van der Waals surface area contributed by atoms with Crippen LogP contribution in [0.4, 0.5) is 14.9 Å². The van der Waals surface area contributed by atoms with E-state index in [1.54, 1.807) is 12.1 Å². The van der Waals surface area contributed by atoms with Crippen molar-refractivity contribution in [1.82, 2.24) is 10.2 Å². The van der Waals surface area contributed by atoms with Crippen molar-refractivity contribution >= 4 is 23.6 Å². The topological polar surface area (TPSA) is 90.0 Å². The molecule has 3 atom stereocenters. The Morgan fingerprint density at radius 2 is 2.04 bits per heavy atom. The number of aliphatic carboxylic acids is 1. The molecule has 2 heterocycles. The van der Waals surface area contributed by atoms with Crippen molar-refractivity contribution in [3.63, 3.8) is 0 Å². The zero-order valence-electron chi connectivity index (χ0n) is 14.9. The molecule has 4 rings (SSSR count). The highest BCUT2D eigenvalue weighted by Gasteiger charge is 2.56. The maximum absolute atomic E-state index is 14.0. The second-order valence-corrected chi connectivity index (χ2v) is 7.66. The van der Waals surface area contributed by atoms with E-state index in [0.717, 1.165) is 12.8 Å². The number of carboxylic acids is 1. The first-order chi connectivity index (χ1) is 12.9. The minimum Gasteiger partial charge on any atom is -0.481 e. The molecule has 3 fully saturated rings. The number of benzene rings is 1. The molecule has 1 aromatic rings. The number of urea groups is 1. The standard InChI is InChI=1S/C19H22FN3O4/c20-13-5-1-2-6-15(13)23-9-7-14(16(23)24)21-18(27)22-10-12-4-3-8-19(12,11-22)17(25)26/h1-2,5-6,12,14H,3-4,7-11H2,(H,21,27)(H,25,26)/t12-,14?,19+/m0/s1. The van der Waals surface area contributed by atoms with Gasteiger partial charge in [0, 0.05) is 19.6 Å². The third-order valence-electron chi connectivity index (χ3n) is 6.23. The number of amides is 3. The number of carbonyl (C=O) groups excluding carboxylic acids is 2. The fourth-order valence-corrected chi connectivity index (χ4v) is 4.76. The Labute approximate surface area is 156 Å². The van der Waals surface area contributed by atoms with Crippen LogP contribution in [0.2, 0.25) is 0 Å². The van der Waals surface area contributed by atoms with Gasteiger partial charge in [-0.15, -0.1) is 0 Å². The van der Waals surface area contributed by atoms with Crippen LogP contribution in [0, 0.1) is 17.2 Å². The van der Waals surface area contributed by atoms with Gasteiger partial charge in [-0.2, -0.15) is 0 Å². The first-order valence-corrected chi connectivity index (χ1v) is 9.27. The summed E-state index contributed by atoms with van der Waals surface area (Å²) in [6, 6.07) is 4.91. The van der Waals surface area contributed by atoms with Crippen molar-refractivity contribution in [1.29, 1.82) is 0 Å². The van der Waals surface area contributed by atoms with Crippen molar-refractivity contribution in [2.75, 3.05) is 24.5 Å². The lowest BCUT2D eigenvalue weighted by atomic mass is 9.81. The fraction of sp³-hybridized carbons (Fsp3) is 0.526. The molecular formula is C19H22FN3O4. The summed E-state index contributed by atoms with van der Waals surface area (Å²) in [6.07, 6.45) is 2.64. The number of hydrogen-bond acceptors (Lipinski definition) is 3. The molecule has 2 saturated heterocycles. The van der Waals surface area contributed by atoms with Gasteiger partial charge in [0.15, 0.2) is 0 Å². The second-order valence-electron chi connectivity index (χ2n) is 7.66. The summed E-state index contributed by atoms with van der Waals surface area (Å²) in [5.74, 6) is -1.70. The first-order valence-electron chi connectivity index (χ1n) is 9.27. The molecule has 144 valence electrons. The van der Waals surface area contributed by atoms with Crippen LogP contribution in [0.5, 0.6) is 0 Å². The highest BCUT2D eigenvalue weighted by atomic mass is 19.1. The average molecular weight is 375 g/mol. The molecule has 3 amide bonds. The quantitative estimate of drug-likeness (QED) is 0.843. The van der Waals surface area contributed by atoms with Gasteiger partial charge >= 0.3 is 12.0 Å². The lowest BCUT2D eigenvalue weighted by Gasteiger charge is -2.24. The van der Waals surface area contributed by atoms with Crippen LogP contribution in [0.15, 0.2) is 24.3 Å². The van der Waals surface area contributed by atoms with Gasteiger partial charge < -0.3 is 20.2 Å². The largest absolute Gasteiger partial charge is 0.481 e. The summed E-state index contributed by atoms with van der Waals surface area (Å²) < 4.78 is 14.0. The molecule has 2 N–H and O–H groups in total. The van der Waals surface area contributed by atoms with Gasteiger partial charge in [0.1, 0.15) is 11.9 Å². The van der Waals surface area contributed by atoms with E-state index in [2.05, 4.69) is 5.32 Å². The second kappa shape index (κ2) is 6.51. The number of fused-ring (bicyclic) bond motifs is 1. The predicted octanol–water partition coefficient (Wildman–Crippen LogP) is 1.83. The van der Waals surface area contributed by atoms with Crippen molar-refractivity contribution in [3.8, 4) is 0 Å². The van der Waals surface area contributed by atoms with E-state index in [0.29, 0.717) is 25.9 Å². The van der Waals surface area contributed by atoms with Gasteiger partial charge in [0.05, 0.1) is 11.1 Å². The van der Waals surface area contributed by atoms with E-state index >= 15 is 0 Å². The Bertz CT molecular complexity index is 801. The number of para-hydroxylation sites is 1. The van der Waals surface area contributed by atoms with Crippen LogP contribution in [0.25, 0.3) is 0 Å². The van der Waals surface area contributed by atoms with Gasteiger partial charge in [-0.25, -0.2) is 9.18 Å². The van der Waals surface area contributed by atoms with Gasteiger partial charge in [-0.1, -0.05) is 18.6 Å². The summed E-state index contributed by atoms with van der Waals surface area (Å²) in [6.45, 7) is 0.902. The lowest BCUT2D eigenvalue weighted by Crippen LogP contribution is -2.48. The number of carboxylic acid groups (broad SMARTS) is 1. The third kappa shape index (κ3) is 2.83. The molecule has 8 heteroatoms. The average Bonchev–Trinajstić information content (AvgIpc) is 3.29. The Morgan fingerprint density at radius 1 is 1.26 bits per heavy atom. The molecule has 0 aromatic heterocycles. The maximum Gasteiger partial charge on any atom is 0.318 e. The summed E-state index contributed by atoms with van der Waals surface area (Å²) in [7, 11) is 0. The van der Waals surface area contributed by atoms with Gasteiger partial charge in [0.25, 0.3) is 0 Å². The van der Waals surface area contributed by atoms with Crippen molar-refractivity contribution in [2.24, 2.45) is 11.3 Å². The summed E-state index contributed by atoms with van der Waals surface area (Å²) in [5, 5.41) is 12.3. The third-order valence-corrected chi connectivity index (χ3v) is 6.23. The summed E-state index contributed by atoms with van der Waals surface area (Å²) in [5.41, 5.74) is -0.643. The zero-order chi connectivity index (χ0) is 19.2. The normalized spacial score (nSPS) is 29.9. The number of rotatable bonds is 3. The molecule has 0 bridgehead atoms. The van der Waals surface area contributed by atoms with Gasteiger partial charge in [-0.05, 0) is 37.3 Å². The minimum absolute atomic E-state index is 0.0325. The molecule has 7 nitrogen and oxygen atoms in total. The maximum atomic E-state index is 14.0. The molecule has 1 saturated carbocycles. The van der Waals surface area contributed by atoms with Crippen LogP contribution in [-0.4, -0.2) is 53.6 Å². The molecular weight excluding hydrogens is 353 g/mol. The molecule has 0 radical (unpaired) electrons. The molecule has 2 aliphatic heterocycles. The van der Waals surface area contributed by atoms with E-state index in [1.807, 2.05) is 0 Å². The van der Waals surface area contributed by atoms with E-state index < -0.39 is 29.3 Å². The number of hydrogen-bond donors (Lipinski definition) is 2. The minimum atomic E-state index is -0.851. The number of carbonyl (C=O) groups is 3. The van der Waals surface area contributed by atoms with E-state index in [9.17, 15) is 23.9 Å². The van der Waals surface area contributed by atoms with Crippen LogP contribution in [0.1, 0.15) is 25.7 Å². The van der Waals surface area contributed by atoms with Crippen LogP contribution >= 0.6 is 0 Å². The predicted molar refractivity (Wildman–Crippen MR) is 94.7 cm³/mol. The number of nitrogens with zero attached hydrogens (tertiary/aromatic N) is 2. The van der Waals surface area contributed by atoms with E-state index in [1.165, 1.54) is 21.9 Å². The first kappa shape index (κ1) is 17.8. The molecule has 0 spiro atoms.